The van der Waals surface area contributed by atoms with Crippen molar-refractivity contribution in [3.63, 3.8) is 0 Å². The lowest BCUT2D eigenvalue weighted by molar-refractivity contribution is -0.126. The van der Waals surface area contributed by atoms with Crippen molar-refractivity contribution in [3.05, 3.63) is 114 Å². The van der Waals surface area contributed by atoms with Crippen molar-refractivity contribution in [2.45, 2.75) is 102 Å². The summed E-state index contributed by atoms with van der Waals surface area (Å²) in [6.45, 7) is 2.69. The van der Waals surface area contributed by atoms with Gasteiger partial charge >= 0.3 is 0 Å². The van der Waals surface area contributed by atoms with Gasteiger partial charge in [-0.15, -0.1) is 0 Å². The molecule has 4 atom stereocenters. The van der Waals surface area contributed by atoms with E-state index in [0.29, 0.717) is 25.1 Å². The molecule has 8 aromatic rings. The number of benzene rings is 4. The van der Waals surface area contributed by atoms with Crippen molar-refractivity contribution >= 4 is 114 Å². The molecule has 0 unspecified atom stereocenters. The molecule has 0 bridgehead atoms. The second kappa shape index (κ2) is 29.6. The number of unbranched alkanes of at least 4 members (excludes halogenated alkanes) is 2. The predicted octanol–water partition coefficient (Wildman–Crippen LogP) is 0.939. The van der Waals surface area contributed by atoms with Gasteiger partial charge in [0.05, 0.1) is 28.1 Å². The molecule has 0 saturated carbocycles. The molecular weight excluding hydrogens is 1170 g/mol. The third-order valence-electron chi connectivity index (χ3n) is 14.3. The lowest BCUT2D eigenvalue weighted by Crippen LogP contribution is -2.42. The molecule has 5 amide bonds. The number of aromatic nitrogens is 4. The van der Waals surface area contributed by atoms with E-state index in [9.17, 15) is 43.2 Å². The first kappa shape index (κ1) is 65.0. The number of carbonyl (C=O) groups excluding carboxylic acids is 5. The van der Waals surface area contributed by atoms with Gasteiger partial charge in [0.1, 0.15) is 24.2 Å². The Morgan fingerprint density at radius 3 is 1.13 bits per heavy atom. The first-order valence-electron chi connectivity index (χ1n) is 28.8. The predicted molar refractivity (Wildman–Crippen MR) is 337 cm³/mol. The Balaban J connectivity index is 1.03. The second-order valence-corrected chi connectivity index (χ2v) is 21.0. The highest BCUT2D eigenvalue weighted by atomic mass is 16.5. The van der Waals surface area contributed by atoms with Crippen LogP contribution in [-0.4, -0.2) is 105 Å². The van der Waals surface area contributed by atoms with Crippen molar-refractivity contribution in [2.24, 2.45) is 60.8 Å². The van der Waals surface area contributed by atoms with Crippen molar-refractivity contribution in [1.29, 1.82) is 0 Å². The summed E-state index contributed by atoms with van der Waals surface area (Å²) >= 11 is 0. The van der Waals surface area contributed by atoms with Gasteiger partial charge in [-0.3, -0.25) is 58.1 Å². The van der Waals surface area contributed by atoms with Gasteiger partial charge in [-0.2, -0.15) is 19.0 Å². The van der Waals surface area contributed by atoms with Crippen molar-refractivity contribution in [3.8, 4) is 0 Å². The van der Waals surface area contributed by atoms with Crippen LogP contribution in [0.4, 0.5) is 22.7 Å². The Labute approximate surface area is 509 Å². The standard InChI is InChI=1S/C57H72N20O13/c1-30(69-46(78)19-21-59)47(79)70-31-12-16-43-36(27-31)52(84)75(88-43)40(9-6-23-67-56(62)63)49(81)72-33-14-18-45-38(29-33)54(86)77(90-45)41(10-7-24-68-57(64)65)50(82)73-34-13-17-44-37(28-34)53(85)76(89-44)39(8-5-22-66-55(60)61)48(80)71-32-11-15-42-35(26-32)51(83)74(87-42)25-4-2-3-20-58/h11-18,26-30,39-41H,2-10,19-25,58-59H2,1H3,(H,69,78)(H,70,79)(H,71,80)(H,72,81)(H,73,82)(H4,60,61,66)(H4,62,63,67)(H4,64,65,68)/t30-,39-,40-,41-/m1/s1. The van der Waals surface area contributed by atoms with Crippen LogP contribution in [0.25, 0.3) is 43.9 Å². The Kier molecular flexibility index (Phi) is 21.4. The van der Waals surface area contributed by atoms with Crippen LogP contribution in [0.3, 0.4) is 0 Å². The number of fused-ring (bicyclic) bond motifs is 4. The van der Waals surface area contributed by atoms with E-state index >= 15 is 0 Å². The third-order valence-corrected chi connectivity index (χ3v) is 14.3. The summed E-state index contributed by atoms with van der Waals surface area (Å²) in [6.07, 6.45) is 2.81. The summed E-state index contributed by atoms with van der Waals surface area (Å²) in [4.78, 5) is 136. The Morgan fingerprint density at radius 1 is 0.444 bits per heavy atom. The molecule has 33 heteroatoms. The maximum atomic E-state index is 14.5. The largest absolute Gasteiger partial charge is 0.376 e. The molecule has 0 aliphatic heterocycles. The fraction of sp³-hybridized carbons (Fsp3) is 0.368. The average molecular weight is 1250 g/mol. The molecule has 8 rings (SSSR count). The number of nitrogens with zero attached hydrogens (tertiary/aromatic N) is 7. The molecule has 0 fully saturated rings. The van der Waals surface area contributed by atoms with Crippen LogP contribution in [0.1, 0.15) is 89.3 Å². The van der Waals surface area contributed by atoms with E-state index in [0.717, 1.165) is 27.1 Å². The Morgan fingerprint density at radius 2 is 0.789 bits per heavy atom. The van der Waals surface area contributed by atoms with Gasteiger partial charge in [-0.05, 0) is 138 Å². The number of nitrogens with two attached hydrogens (primary N) is 8. The Bertz CT molecular complexity index is 4280. The molecule has 0 aliphatic rings. The van der Waals surface area contributed by atoms with Crippen LogP contribution in [0, 0.1) is 0 Å². The first-order chi connectivity index (χ1) is 43.1. The maximum absolute atomic E-state index is 14.5. The fourth-order valence-corrected chi connectivity index (χ4v) is 9.83. The summed E-state index contributed by atoms with van der Waals surface area (Å²) < 4.78 is 27.6. The van der Waals surface area contributed by atoms with Crippen LogP contribution >= 0.6 is 0 Å². The van der Waals surface area contributed by atoms with E-state index in [1.165, 1.54) is 72.3 Å². The SMILES string of the molecule is C[C@@H](NC(=O)CCN)C(=O)Nc1ccc2on([C@H](CCCN=C(N)N)C(=O)Nc3ccc4on([C@H](CCCN=C(N)N)C(=O)Nc5ccc6on([C@H](CCCN=C(N)N)C(=O)Nc7ccc8on(CCCCCN)c(=O)c8c7)c(=O)c6c5)c(=O)c4c3)c(=O)c2c1. The number of hydrogen-bond acceptors (Lipinski definition) is 18. The molecule has 0 spiro atoms. The summed E-state index contributed by atoms with van der Waals surface area (Å²) in [5.74, 6) is -3.76. The number of aliphatic imine (C=N–C) groups is 3. The zero-order valence-electron chi connectivity index (χ0n) is 49.1. The molecule has 0 aliphatic carbocycles. The average Bonchev–Trinajstić information content (AvgIpc) is 1.76. The van der Waals surface area contributed by atoms with Crippen LogP contribution in [0.15, 0.2) is 125 Å². The number of guanidine groups is 3. The number of amides is 5. The quantitative estimate of drug-likeness (QED) is 0.0163. The van der Waals surface area contributed by atoms with Gasteiger partial charge in [-0.1, -0.05) is 6.42 Å². The molecule has 0 radical (unpaired) electrons. The number of hydrogen-bond donors (Lipinski definition) is 13. The van der Waals surface area contributed by atoms with E-state index < -0.39 is 70.4 Å². The van der Waals surface area contributed by atoms with Crippen LogP contribution in [-0.2, 0) is 30.5 Å². The van der Waals surface area contributed by atoms with Gasteiger partial charge in [0, 0.05) is 55.3 Å². The number of carbonyl (C=O) groups is 5. The molecule has 33 nitrogen and oxygen atoms in total. The molecule has 0 saturated heterocycles. The van der Waals surface area contributed by atoms with E-state index in [2.05, 4.69) is 41.6 Å². The highest BCUT2D eigenvalue weighted by molar-refractivity contribution is 6.00. The summed E-state index contributed by atoms with van der Waals surface area (Å²) in [6, 6.07) is 12.3. The maximum Gasteiger partial charge on any atom is 0.291 e. The summed E-state index contributed by atoms with van der Waals surface area (Å²) in [7, 11) is 0. The number of nitrogens with one attached hydrogen (secondary N) is 5. The first-order valence-corrected chi connectivity index (χ1v) is 28.8. The molecule has 4 aromatic heterocycles. The van der Waals surface area contributed by atoms with E-state index in [4.69, 9.17) is 64.0 Å². The van der Waals surface area contributed by atoms with Gasteiger partial charge in [0.15, 0.2) is 40.2 Å². The van der Waals surface area contributed by atoms with Crippen molar-refractivity contribution in [1.82, 2.24) is 24.3 Å². The van der Waals surface area contributed by atoms with Gasteiger partial charge in [0.2, 0.25) is 11.8 Å². The molecule has 4 aromatic carbocycles. The molecule has 90 heavy (non-hydrogen) atoms. The zero-order chi connectivity index (χ0) is 64.8. The van der Waals surface area contributed by atoms with Crippen molar-refractivity contribution in [2.75, 3.05) is 54.0 Å². The normalized spacial score (nSPS) is 12.7. The van der Waals surface area contributed by atoms with Gasteiger partial charge < -0.3 is 90.5 Å². The number of anilines is 4. The highest BCUT2D eigenvalue weighted by Gasteiger charge is 2.31. The van der Waals surface area contributed by atoms with E-state index in [1.807, 2.05) is 0 Å². The van der Waals surface area contributed by atoms with Crippen LogP contribution < -0.4 is 94.7 Å². The minimum Gasteiger partial charge on any atom is -0.376 e. The fourth-order valence-electron chi connectivity index (χ4n) is 9.83. The highest BCUT2D eigenvalue weighted by Crippen LogP contribution is 2.28. The lowest BCUT2D eigenvalue weighted by Gasteiger charge is -2.16. The van der Waals surface area contributed by atoms with Crippen LogP contribution in [0.5, 0.6) is 0 Å². The lowest BCUT2D eigenvalue weighted by atomic mass is 10.1. The third kappa shape index (κ3) is 16.0. The minimum atomic E-state index is -1.37. The monoisotopic (exact) mass is 1240 g/mol. The molecule has 21 N–H and O–H groups in total. The zero-order valence-corrected chi connectivity index (χ0v) is 49.1. The molecule has 478 valence electrons. The van der Waals surface area contributed by atoms with Gasteiger partial charge in [-0.25, -0.2) is 0 Å². The summed E-state index contributed by atoms with van der Waals surface area (Å²) in [5, 5.41) is 13.6. The van der Waals surface area contributed by atoms with E-state index in [-0.39, 0.29) is 156 Å². The molecular formula is C57H72N20O13. The number of aryl methyl sites for hydroxylation is 1. The minimum absolute atomic E-state index is 0.0104. The second-order valence-electron chi connectivity index (χ2n) is 21.0. The number of rotatable bonds is 31. The van der Waals surface area contributed by atoms with E-state index in [1.54, 1.807) is 12.1 Å². The van der Waals surface area contributed by atoms with Gasteiger partial charge in [0.25, 0.3) is 40.0 Å². The van der Waals surface area contributed by atoms with Crippen molar-refractivity contribution < 1.29 is 42.1 Å². The molecule has 4 heterocycles. The smallest absolute Gasteiger partial charge is 0.291 e. The van der Waals surface area contributed by atoms with Crippen LogP contribution in [0.2, 0.25) is 0 Å². The topological polar surface area (TPSA) is 531 Å². The Hall–Kier alpha value is -11.0. The summed E-state index contributed by atoms with van der Waals surface area (Å²) in [5.41, 5.74) is 42.8.